The molecule has 3 aromatic rings. The van der Waals surface area contributed by atoms with Gasteiger partial charge < -0.3 is 9.47 Å². The van der Waals surface area contributed by atoms with Crippen LogP contribution in [0.1, 0.15) is 63.1 Å². The van der Waals surface area contributed by atoms with Crippen LogP contribution in [0.2, 0.25) is 0 Å². The molecule has 0 bridgehead atoms. The lowest BCUT2D eigenvalue weighted by Crippen LogP contribution is -2.35. The first-order chi connectivity index (χ1) is 16.6. The Morgan fingerprint density at radius 1 is 0.735 bits per heavy atom. The summed E-state index contributed by atoms with van der Waals surface area (Å²) in [6, 6.07) is 31.4. The normalized spacial score (nSPS) is 13.4. The molecule has 34 heavy (non-hydrogen) atoms. The van der Waals surface area contributed by atoms with Crippen molar-refractivity contribution in [2.24, 2.45) is 5.92 Å². The third-order valence-corrected chi connectivity index (χ3v) is 6.58. The molecule has 3 aromatic carbocycles. The average molecular weight is 459 g/mol. The molecule has 0 saturated carbocycles. The highest BCUT2D eigenvalue weighted by atomic mass is 16.5. The van der Waals surface area contributed by atoms with E-state index in [4.69, 9.17) is 9.47 Å². The number of ketones is 1. The Morgan fingerprint density at radius 2 is 1.21 bits per heavy atom. The van der Waals surface area contributed by atoms with Crippen LogP contribution in [0, 0.1) is 5.92 Å². The van der Waals surface area contributed by atoms with Crippen LogP contribution in [0.15, 0.2) is 91.0 Å². The molecule has 0 aromatic heterocycles. The van der Waals surface area contributed by atoms with Crippen LogP contribution in [0.4, 0.5) is 0 Å². The number of Topliss-reactive ketones (excluding diaryl/α,β-unsaturated/α-hetero) is 1. The van der Waals surface area contributed by atoms with Crippen molar-refractivity contribution in [3.8, 4) is 0 Å². The monoisotopic (exact) mass is 458 g/mol. The topological polar surface area (TPSA) is 35.5 Å². The zero-order chi connectivity index (χ0) is 24.2. The molecule has 0 aliphatic rings. The van der Waals surface area contributed by atoms with E-state index in [0.29, 0.717) is 18.9 Å². The van der Waals surface area contributed by atoms with Gasteiger partial charge in [-0.05, 0) is 35.4 Å². The van der Waals surface area contributed by atoms with Gasteiger partial charge in [-0.15, -0.1) is 0 Å². The molecule has 0 radical (unpaired) electrons. The fourth-order valence-corrected chi connectivity index (χ4v) is 4.40. The molecule has 0 saturated heterocycles. The Balaban J connectivity index is 1.92. The molecule has 0 aliphatic heterocycles. The van der Waals surface area contributed by atoms with Crippen LogP contribution < -0.4 is 0 Å². The second-order valence-electron chi connectivity index (χ2n) is 8.83. The van der Waals surface area contributed by atoms with E-state index in [-0.39, 0.29) is 18.5 Å². The van der Waals surface area contributed by atoms with Crippen molar-refractivity contribution in [3.05, 3.63) is 108 Å². The molecule has 3 rings (SSSR count). The van der Waals surface area contributed by atoms with Crippen LogP contribution in [0.5, 0.6) is 0 Å². The summed E-state index contributed by atoms with van der Waals surface area (Å²) >= 11 is 0. The third-order valence-electron chi connectivity index (χ3n) is 6.58. The van der Waals surface area contributed by atoms with E-state index in [9.17, 15) is 4.79 Å². The number of carbonyl (C=O) groups is 1. The number of rotatable bonds is 14. The van der Waals surface area contributed by atoms with Crippen molar-refractivity contribution in [2.75, 3.05) is 13.2 Å². The van der Waals surface area contributed by atoms with Crippen LogP contribution in [0.25, 0.3) is 0 Å². The van der Waals surface area contributed by atoms with Crippen molar-refractivity contribution in [1.29, 1.82) is 0 Å². The maximum Gasteiger partial charge on any atom is 0.158 e. The van der Waals surface area contributed by atoms with Crippen molar-refractivity contribution in [3.63, 3.8) is 0 Å². The molecule has 3 nitrogen and oxygen atoms in total. The third kappa shape index (κ3) is 6.43. The molecule has 0 aliphatic carbocycles. The largest absolute Gasteiger partial charge is 0.370 e. The molecular formula is C31H38O3. The van der Waals surface area contributed by atoms with Crippen LogP contribution in [-0.2, 0) is 19.9 Å². The average Bonchev–Trinajstić information content (AvgIpc) is 2.91. The summed E-state index contributed by atoms with van der Waals surface area (Å²) in [6.07, 6.45) is 3.32. The maximum atomic E-state index is 11.8. The lowest BCUT2D eigenvalue weighted by Gasteiger charge is -2.37. The van der Waals surface area contributed by atoms with E-state index in [0.717, 1.165) is 36.0 Å². The van der Waals surface area contributed by atoms with Gasteiger partial charge in [0.05, 0.1) is 12.7 Å². The van der Waals surface area contributed by atoms with Crippen LogP contribution >= 0.6 is 0 Å². The van der Waals surface area contributed by atoms with Gasteiger partial charge >= 0.3 is 0 Å². The number of hydrogen-bond donors (Lipinski definition) is 0. The first kappa shape index (κ1) is 25.9. The fourth-order valence-electron chi connectivity index (χ4n) is 4.40. The van der Waals surface area contributed by atoms with Crippen molar-refractivity contribution in [1.82, 2.24) is 0 Å². The molecule has 3 heteroatoms. The molecule has 0 unspecified atom stereocenters. The van der Waals surface area contributed by atoms with Crippen LogP contribution in [0.3, 0.4) is 0 Å². The Hall–Kier alpha value is -2.75. The SMILES string of the molecule is CCC(=O)CO[C@H](CC)C[C@@H](CC)COC(c1ccccc1)(c1ccccc1)c1ccccc1. The summed E-state index contributed by atoms with van der Waals surface area (Å²) in [6.45, 7) is 7.00. The Labute approximate surface area is 205 Å². The highest BCUT2D eigenvalue weighted by Gasteiger charge is 2.38. The quantitative estimate of drug-likeness (QED) is 0.240. The van der Waals surface area contributed by atoms with Gasteiger partial charge in [0.2, 0.25) is 0 Å². The van der Waals surface area contributed by atoms with Crippen molar-refractivity contribution < 1.29 is 14.3 Å². The number of carbonyl (C=O) groups excluding carboxylic acids is 1. The first-order valence-corrected chi connectivity index (χ1v) is 12.6. The fraction of sp³-hybridized carbons (Fsp3) is 0.387. The van der Waals surface area contributed by atoms with E-state index in [1.54, 1.807) is 0 Å². The molecule has 0 N–H and O–H groups in total. The standard InChI is InChI=1S/C31H38O3/c1-4-25(22-30(6-3)33-24-29(32)5-2)23-34-31(26-16-10-7-11-17-26,27-18-12-8-13-19-27)28-20-14-9-15-21-28/h7-21,25,30H,4-6,22-24H2,1-3H3/t25-,30-/m1/s1. The minimum Gasteiger partial charge on any atom is -0.370 e. The second-order valence-corrected chi connectivity index (χ2v) is 8.83. The number of benzene rings is 3. The van der Waals surface area contributed by atoms with Crippen LogP contribution in [-0.4, -0.2) is 25.1 Å². The lowest BCUT2D eigenvalue weighted by atomic mass is 9.80. The first-order valence-electron chi connectivity index (χ1n) is 12.6. The van der Waals surface area contributed by atoms with Crippen molar-refractivity contribution >= 4 is 5.78 Å². The zero-order valence-electron chi connectivity index (χ0n) is 20.8. The van der Waals surface area contributed by atoms with Gasteiger partial charge in [0.1, 0.15) is 12.2 Å². The smallest absolute Gasteiger partial charge is 0.158 e. The number of hydrogen-bond acceptors (Lipinski definition) is 3. The van der Waals surface area contributed by atoms with Gasteiger partial charge in [0.15, 0.2) is 5.78 Å². The number of ether oxygens (including phenoxy) is 2. The minimum atomic E-state index is -0.710. The van der Waals surface area contributed by atoms with E-state index in [2.05, 4.69) is 86.6 Å². The Morgan fingerprint density at radius 3 is 1.59 bits per heavy atom. The Bertz CT molecular complexity index is 873. The lowest BCUT2D eigenvalue weighted by molar-refractivity contribution is -0.126. The van der Waals surface area contributed by atoms with E-state index < -0.39 is 5.60 Å². The Kier molecular flexibility index (Phi) is 10.1. The second kappa shape index (κ2) is 13.2. The summed E-state index contributed by atoms with van der Waals surface area (Å²) in [4.78, 5) is 11.8. The summed E-state index contributed by atoms with van der Waals surface area (Å²) in [7, 11) is 0. The summed E-state index contributed by atoms with van der Waals surface area (Å²) in [5.74, 6) is 0.469. The predicted octanol–water partition coefficient (Wildman–Crippen LogP) is 7.19. The van der Waals surface area contributed by atoms with Gasteiger partial charge in [-0.3, -0.25) is 4.79 Å². The highest BCUT2D eigenvalue weighted by molar-refractivity contribution is 5.79. The van der Waals surface area contributed by atoms with E-state index in [1.807, 2.05) is 25.1 Å². The van der Waals surface area contributed by atoms with Gasteiger partial charge in [-0.2, -0.15) is 0 Å². The molecule has 0 fully saturated rings. The highest BCUT2D eigenvalue weighted by Crippen LogP contribution is 2.41. The van der Waals surface area contributed by atoms with Gasteiger partial charge in [0, 0.05) is 6.42 Å². The summed E-state index contributed by atoms with van der Waals surface area (Å²) < 4.78 is 13.0. The van der Waals surface area contributed by atoms with E-state index >= 15 is 0 Å². The molecular weight excluding hydrogens is 420 g/mol. The molecule has 0 amide bonds. The van der Waals surface area contributed by atoms with E-state index in [1.165, 1.54) is 0 Å². The van der Waals surface area contributed by atoms with Gasteiger partial charge in [-0.25, -0.2) is 0 Å². The minimum absolute atomic E-state index is 0.0589. The molecule has 0 heterocycles. The molecule has 2 atom stereocenters. The maximum absolute atomic E-state index is 11.8. The van der Waals surface area contributed by atoms with Gasteiger partial charge in [-0.1, -0.05) is 118 Å². The summed E-state index contributed by atoms with van der Waals surface area (Å²) in [5, 5.41) is 0. The predicted molar refractivity (Wildman–Crippen MR) is 139 cm³/mol. The van der Waals surface area contributed by atoms with Crippen molar-refractivity contribution in [2.45, 2.75) is 58.2 Å². The molecule has 0 spiro atoms. The molecule has 180 valence electrons. The van der Waals surface area contributed by atoms with Gasteiger partial charge in [0.25, 0.3) is 0 Å². The zero-order valence-corrected chi connectivity index (χ0v) is 20.8. The summed E-state index contributed by atoms with van der Waals surface area (Å²) in [5.41, 5.74) is 2.62.